The van der Waals surface area contributed by atoms with Crippen LogP contribution in [0.15, 0.2) is 59.3 Å². The van der Waals surface area contributed by atoms with Gasteiger partial charge in [0.15, 0.2) is 0 Å². The van der Waals surface area contributed by atoms with Gasteiger partial charge in [0.05, 0.1) is 12.8 Å². The monoisotopic (exact) mass is 440 g/mol. The fraction of sp³-hybridized carbons (Fsp3) is 0.136. The molecule has 4 rings (SSSR count). The number of hydrogen-bond donors (Lipinski definition) is 1. The molecule has 0 unspecified atom stereocenters. The summed E-state index contributed by atoms with van der Waals surface area (Å²) in [6.45, 7) is 1.86. The zero-order valence-electron chi connectivity index (χ0n) is 16.7. The summed E-state index contributed by atoms with van der Waals surface area (Å²) >= 11 is 6.12. The van der Waals surface area contributed by atoms with Gasteiger partial charge in [-0.05, 0) is 55.0 Å². The van der Waals surface area contributed by atoms with E-state index in [0.717, 1.165) is 5.56 Å². The summed E-state index contributed by atoms with van der Waals surface area (Å²) < 4.78 is 25.5. The lowest BCUT2D eigenvalue weighted by molar-refractivity contribution is -0.116. The van der Waals surface area contributed by atoms with Crippen molar-refractivity contribution in [3.8, 4) is 28.7 Å². The molecular formula is C22H18ClFN4O3. The normalized spacial score (nSPS) is 10.8. The number of amides is 1. The summed E-state index contributed by atoms with van der Waals surface area (Å²) in [6.07, 6.45) is 1.74. The number of aryl methyl sites for hydroxylation is 1. The van der Waals surface area contributed by atoms with Gasteiger partial charge in [-0.2, -0.15) is 4.98 Å². The zero-order chi connectivity index (χ0) is 22.0. The van der Waals surface area contributed by atoms with E-state index < -0.39 is 0 Å². The zero-order valence-corrected chi connectivity index (χ0v) is 17.5. The summed E-state index contributed by atoms with van der Waals surface area (Å²) in [7, 11) is 1.51. The molecule has 158 valence electrons. The Kier molecular flexibility index (Phi) is 5.73. The van der Waals surface area contributed by atoms with E-state index in [0.29, 0.717) is 33.5 Å². The van der Waals surface area contributed by atoms with E-state index >= 15 is 0 Å². The number of hydrogen-bond acceptors (Lipinski definition) is 5. The van der Waals surface area contributed by atoms with Crippen molar-refractivity contribution in [3.05, 3.63) is 71.1 Å². The van der Waals surface area contributed by atoms with Gasteiger partial charge in [0.25, 0.3) is 5.89 Å². The average molecular weight is 441 g/mol. The number of methoxy groups -OCH3 is 1. The number of benzene rings is 2. The second-order valence-corrected chi connectivity index (χ2v) is 7.21. The van der Waals surface area contributed by atoms with Gasteiger partial charge in [-0.25, -0.2) is 4.39 Å². The molecule has 9 heteroatoms. The largest absolute Gasteiger partial charge is 0.495 e. The number of anilines is 1. The molecule has 0 aliphatic heterocycles. The third-order valence-electron chi connectivity index (χ3n) is 4.65. The number of nitrogens with one attached hydrogen (secondary N) is 1. The first-order valence-corrected chi connectivity index (χ1v) is 9.71. The molecule has 2 aromatic carbocycles. The predicted octanol–water partition coefficient (Wildman–Crippen LogP) is 4.95. The van der Waals surface area contributed by atoms with Gasteiger partial charge in [-0.3, -0.25) is 4.79 Å². The van der Waals surface area contributed by atoms with Crippen molar-refractivity contribution in [2.24, 2.45) is 0 Å². The molecule has 0 atom stereocenters. The van der Waals surface area contributed by atoms with Gasteiger partial charge in [-0.15, -0.1) is 0 Å². The summed E-state index contributed by atoms with van der Waals surface area (Å²) in [5.74, 6) is 0.429. The maximum atomic E-state index is 13.1. The van der Waals surface area contributed by atoms with Gasteiger partial charge in [0, 0.05) is 22.8 Å². The Morgan fingerprint density at radius 3 is 2.77 bits per heavy atom. The van der Waals surface area contributed by atoms with Crippen LogP contribution in [0.4, 0.5) is 10.1 Å². The molecule has 2 heterocycles. The van der Waals surface area contributed by atoms with Gasteiger partial charge >= 0.3 is 0 Å². The minimum Gasteiger partial charge on any atom is -0.495 e. The number of aromatic nitrogens is 3. The Bertz CT molecular complexity index is 1230. The summed E-state index contributed by atoms with van der Waals surface area (Å²) in [5.41, 5.74) is 2.55. The van der Waals surface area contributed by atoms with Crippen LogP contribution in [-0.2, 0) is 11.3 Å². The van der Waals surface area contributed by atoms with Crippen molar-refractivity contribution in [3.63, 3.8) is 0 Å². The smallest absolute Gasteiger partial charge is 0.274 e. The van der Waals surface area contributed by atoms with Crippen LogP contribution in [0.25, 0.3) is 23.0 Å². The van der Waals surface area contributed by atoms with Crippen LogP contribution in [0, 0.1) is 12.7 Å². The molecule has 1 amide bonds. The lowest BCUT2D eigenvalue weighted by Crippen LogP contribution is -2.19. The lowest BCUT2D eigenvalue weighted by Gasteiger charge is -2.13. The first kappa shape index (κ1) is 20.6. The summed E-state index contributed by atoms with van der Waals surface area (Å²) in [6, 6.07) is 12.7. The highest BCUT2D eigenvalue weighted by atomic mass is 35.5. The van der Waals surface area contributed by atoms with Crippen molar-refractivity contribution in [1.82, 2.24) is 14.7 Å². The molecule has 2 aromatic heterocycles. The van der Waals surface area contributed by atoms with Gasteiger partial charge in [0.2, 0.25) is 11.7 Å². The number of carbonyl (C=O) groups excluding carboxylic acids is 1. The first-order valence-electron chi connectivity index (χ1n) is 9.33. The van der Waals surface area contributed by atoms with Crippen molar-refractivity contribution in [1.29, 1.82) is 0 Å². The van der Waals surface area contributed by atoms with Crippen LogP contribution in [0.1, 0.15) is 5.56 Å². The number of halogens is 2. The summed E-state index contributed by atoms with van der Waals surface area (Å²) in [5, 5.41) is 7.34. The van der Waals surface area contributed by atoms with Crippen molar-refractivity contribution < 1.29 is 18.4 Å². The molecular weight excluding hydrogens is 423 g/mol. The summed E-state index contributed by atoms with van der Waals surface area (Å²) in [4.78, 5) is 17.0. The minimum absolute atomic E-state index is 0.0153. The van der Waals surface area contributed by atoms with E-state index in [1.54, 1.807) is 47.2 Å². The Morgan fingerprint density at radius 1 is 1.26 bits per heavy atom. The predicted molar refractivity (Wildman–Crippen MR) is 114 cm³/mol. The first-order chi connectivity index (χ1) is 14.9. The fourth-order valence-electron chi connectivity index (χ4n) is 3.06. The second-order valence-electron chi connectivity index (χ2n) is 6.80. The SMILES string of the molecule is COc1cc(Cl)c(C)cc1NC(=O)Cn1cccc1-c1nc(-c2ccc(F)cc2)no1. The molecule has 1 N–H and O–H groups in total. The second kappa shape index (κ2) is 8.61. The van der Waals surface area contributed by atoms with Crippen LogP contribution in [-0.4, -0.2) is 27.7 Å². The number of carbonyl (C=O) groups is 1. The fourth-order valence-corrected chi connectivity index (χ4v) is 3.22. The highest BCUT2D eigenvalue weighted by molar-refractivity contribution is 6.31. The third kappa shape index (κ3) is 4.44. The standard InChI is InChI=1S/C22H18ClFN4O3/c1-13-10-17(19(30-2)11-16(13)23)25-20(29)12-28-9-3-4-18(28)22-26-21(27-31-22)14-5-7-15(24)8-6-14/h3-11H,12H2,1-2H3,(H,25,29). The number of rotatable bonds is 6. The highest BCUT2D eigenvalue weighted by Gasteiger charge is 2.17. The average Bonchev–Trinajstić information content (AvgIpc) is 3.40. The Labute approximate surface area is 182 Å². The molecule has 0 saturated carbocycles. The van der Waals surface area contributed by atoms with Gasteiger partial charge in [0.1, 0.15) is 23.8 Å². The van der Waals surface area contributed by atoms with Gasteiger partial charge < -0.3 is 19.1 Å². The molecule has 0 aliphatic rings. The quantitative estimate of drug-likeness (QED) is 0.458. The molecule has 0 saturated heterocycles. The van der Waals surface area contributed by atoms with Crippen LogP contribution < -0.4 is 10.1 Å². The van der Waals surface area contributed by atoms with Crippen LogP contribution in [0.3, 0.4) is 0 Å². The van der Waals surface area contributed by atoms with Gasteiger partial charge in [-0.1, -0.05) is 16.8 Å². The van der Waals surface area contributed by atoms with E-state index in [9.17, 15) is 9.18 Å². The molecule has 0 aliphatic carbocycles. The van der Waals surface area contributed by atoms with Crippen LogP contribution >= 0.6 is 11.6 Å². The van der Waals surface area contributed by atoms with Crippen LogP contribution in [0.2, 0.25) is 5.02 Å². The number of nitrogens with zero attached hydrogens (tertiary/aromatic N) is 3. The van der Waals surface area contributed by atoms with E-state index in [1.807, 2.05) is 6.92 Å². The highest BCUT2D eigenvalue weighted by Crippen LogP contribution is 2.31. The van der Waals surface area contributed by atoms with E-state index in [2.05, 4.69) is 15.5 Å². The topological polar surface area (TPSA) is 82.2 Å². The van der Waals surface area contributed by atoms with E-state index in [4.69, 9.17) is 20.9 Å². The number of ether oxygens (including phenoxy) is 1. The Hall–Kier alpha value is -3.65. The molecule has 7 nitrogen and oxygen atoms in total. The molecule has 0 radical (unpaired) electrons. The molecule has 0 bridgehead atoms. The van der Waals surface area contributed by atoms with Crippen molar-refractivity contribution in [2.75, 3.05) is 12.4 Å². The minimum atomic E-state index is -0.347. The third-order valence-corrected chi connectivity index (χ3v) is 5.05. The maximum absolute atomic E-state index is 13.1. The van der Waals surface area contributed by atoms with Crippen molar-refractivity contribution in [2.45, 2.75) is 13.5 Å². The Morgan fingerprint density at radius 2 is 2.03 bits per heavy atom. The Balaban J connectivity index is 1.52. The molecule has 0 spiro atoms. The molecule has 0 fully saturated rings. The van der Waals surface area contributed by atoms with Crippen molar-refractivity contribution >= 4 is 23.2 Å². The van der Waals surface area contributed by atoms with Crippen LogP contribution in [0.5, 0.6) is 5.75 Å². The maximum Gasteiger partial charge on any atom is 0.274 e. The van der Waals surface area contributed by atoms with E-state index in [1.165, 1.54) is 19.2 Å². The molecule has 4 aromatic rings. The lowest BCUT2D eigenvalue weighted by atomic mass is 10.2. The molecule has 31 heavy (non-hydrogen) atoms. The van der Waals surface area contributed by atoms with E-state index in [-0.39, 0.29) is 24.2 Å².